The van der Waals surface area contributed by atoms with Crippen LogP contribution in [-0.4, -0.2) is 25.5 Å². The Hall–Kier alpha value is -1.55. The third-order valence-corrected chi connectivity index (χ3v) is 2.64. The summed E-state index contributed by atoms with van der Waals surface area (Å²) in [7, 11) is 1.66. The van der Waals surface area contributed by atoms with Crippen LogP contribution in [0.5, 0.6) is 5.75 Å². The minimum Gasteiger partial charge on any atom is -0.497 e. The van der Waals surface area contributed by atoms with Crippen molar-refractivity contribution in [1.82, 2.24) is 0 Å². The first-order chi connectivity index (χ1) is 7.83. The molecule has 0 spiro atoms. The first-order valence-electron chi connectivity index (χ1n) is 5.40. The van der Waals surface area contributed by atoms with E-state index in [1.165, 1.54) is 0 Å². The van der Waals surface area contributed by atoms with E-state index in [2.05, 4.69) is 5.16 Å². The van der Waals surface area contributed by atoms with Crippen molar-refractivity contribution in [3.8, 4) is 5.75 Å². The fourth-order valence-corrected chi connectivity index (χ4v) is 1.72. The summed E-state index contributed by atoms with van der Waals surface area (Å²) in [5.41, 5.74) is 7.55. The summed E-state index contributed by atoms with van der Waals surface area (Å²) < 4.78 is 5.10. The summed E-state index contributed by atoms with van der Waals surface area (Å²) in [6, 6.07) is 7.83. The van der Waals surface area contributed by atoms with E-state index >= 15 is 0 Å². The van der Waals surface area contributed by atoms with Gasteiger partial charge < -0.3 is 15.3 Å². The highest BCUT2D eigenvalue weighted by Crippen LogP contribution is 2.20. The van der Waals surface area contributed by atoms with Crippen LogP contribution in [0.15, 0.2) is 29.4 Å². The van der Waals surface area contributed by atoms with Gasteiger partial charge in [0, 0.05) is 6.42 Å². The normalized spacial score (nSPS) is 19.1. The van der Waals surface area contributed by atoms with Gasteiger partial charge in [-0.05, 0) is 42.8 Å². The van der Waals surface area contributed by atoms with Crippen LogP contribution in [0, 0.1) is 0 Å². The quantitative estimate of drug-likeness (QED) is 0.837. The molecule has 1 atom stereocenters. The van der Waals surface area contributed by atoms with E-state index < -0.39 is 0 Å². The van der Waals surface area contributed by atoms with Crippen LogP contribution in [0.3, 0.4) is 0 Å². The number of benzene rings is 1. The monoisotopic (exact) mass is 220 g/mol. The van der Waals surface area contributed by atoms with Gasteiger partial charge in [-0.2, -0.15) is 0 Å². The van der Waals surface area contributed by atoms with E-state index in [-0.39, 0.29) is 6.10 Å². The number of rotatable bonds is 4. The lowest BCUT2D eigenvalue weighted by Gasteiger charge is -2.05. The molecule has 16 heavy (non-hydrogen) atoms. The molecule has 0 saturated heterocycles. The zero-order chi connectivity index (χ0) is 11.4. The number of nitrogens with zero attached hydrogens (tertiary/aromatic N) is 1. The number of methoxy groups -OCH3 is 1. The topological polar surface area (TPSA) is 56.8 Å². The largest absolute Gasteiger partial charge is 0.497 e. The van der Waals surface area contributed by atoms with E-state index in [0.29, 0.717) is 6.54 Å². The average molecular weight is 220 g/mol. The van der Waals surface area contributed by atoms with Crippen molar-refractivity contribution in [2.45, 2.75) is 18.9 Å². The highest BCUT2D eigenvalue weighted by Gasteiger charge is 2.21. The predicted octanol–water partition coefficient (Wildman–Crippen LogP) is 1.54. The Morgan fingerprint density at radius 1 is 1.44 bits per heavy atom. The van der Waals surface area contributed by atoms with Crippen LogP contribution < -0.4 is 10.5 Å². The number of oxime groups is 1. The molecule has 2 N–H and O–H groups in total. The van der Waals surface area contributed by atoms with Gasteiger partial charge in [-0.1, -0.05) is 5.16 Å². The van der Waals surface area contributed by atoms with Gasteiger partial charge in [0.2, 0.25) is 0 Å². The highest BCUT2D eigenvalue weighted by atomic mass is 16.6. The van der Waals surface area contributed by atoms with Gasteiger partial charge >= 0.3 is 0 Å². The molecule has 1 aliphatic rings. The smallest absolute Gasteiger partial charge is 0.134 e. The average Bonchev–Trinajstić information content (AvgIpc) is 2.78. The maximum Gasteiger partial charge on any atom is 0.134 e. The molecule has 0 radical (unpaired) electrons. The van der Waals surface area contributed by atoms with Crippen molar-refractivity contribution >= 4 is 5.71 Å². The Kier molecular flexibility index (Phi) is 3.41. The van der Waals surface area contributed by atoms with Crippen molar-refractivity contribution in [3.63, 3.8) is 0 Å². The van der Waals surface area contributed by atoms with Gasteiger partial charge in [0.15, 0.2) is 0 Å². The molecule has 1 aliphatic heterocycles. The molecule has 0 saturated carbocycles. The molecule has 1 aromatic carbocycles. The standard InChI is InChI=1S/C12H16N2O2/c1-15-10-4-2-9(3-5-10)12-8-11(6-7-13)16-14-12/h2-5,11H,6-8,13H2,1H3. The van der Waals surface area contributed by atoms with Crippen molar-refractivity contribution in [1.29, 1.82) is 0 Å². The minimum atomic E-state index is 0.141. The lowest BCUT2D eigenvalue weighted by atomic mass is 10.0. The number of ether oxygens (including phenoxy) is 1. The van der Waals surface area contributed by atoms with Crippen LogP contribution in [0.2, 0.25) is 0 Å². The van der Waals surface area contributed by atoms with E-state index in [1.54, 1.807) is 7.11 Å². The number of hydrogen-bond acceptors (Lipinski definition) is 4. The summed E-state index contributed by atoms with van der Waals surface area (Å²) in [6.07, 6.45) is 1.83. The van der Waals surface area contributed by atoms with Crippen molar-refractivity contribution in [2.75, 3.05) is 13.7 Å². The van der Waals surface area contributed by atoms with Gasteiger partial charge in [0.25, 0.3) is 0 Å². The molecule has 1 heterocycles. The molecule has 1 aromatic rings. The molecule has 2 rings (SSSR count). The Bertz CT molecular complexity index is 373. The molecular weight excluding hydrogens is 204 g/mol. The van der Waals surface area contributed by atoms with Crippen LogP contribution >= 0.6 is 0 Å². The van der Waals surface area contributed by atoms with E-state index in [9.17, 15) is 0 Å². The van der Waals surface area contributed by atoms with E-state index in [4.69, 9.17) is 15.3 Å². The molecule has 0 bridgehead atoms. The fourth-order valence-electron chi connectivity index (χ4n) is 1.72. The minimum absolute atomic E-state index is 0.141. The third-order valence-electron chi connectivity index (χ3n) is 2.64. The van der Waals surface area contributed by atoms with Crippen molar-refractivity contribution in [3.05, 3.63) is 29.8 Å². The van der Waals surface area contributed by atoms with Gasteiger partial charge in [-0.15, -0.1) is 0 Å². The second-order valence-corrected chi connectivity index (χ2v) is 3.78. The zero-order valence-corrected chi connectivity index (χ0v) is 9.35. The maximum absolute atomic E-state index is 5.48. The molecule has 0 aromatic heterocycles. The SMILES string of the molecule is COc1ccc(C2=NOC(CCN)C2)cc1. The molecule has 0 fully saturated rings. The molecule has 86 valence electrons. The third kappa shape index (κ3) is 2.33. The fraction of sp³-hybridized carbons (Fsp3) is 0.417. The summed E-state index contributed by atoms with van der Waals surface area (Å²) in [4.78, 5) is 5.29. The van der Waals surface area contributed by atoms with Crippen LogP contribution in [0.4, 0.5) is 0 Å². The molecule has 0 amide bonds. The molecule has 1 unspecified atom stereocenters. The van der Waals surface area contributed by atoms with Gasteiger partial charge in [-0.3, -0.25) is 0 Å². The number of hydrogen-bond donors (Lipinski definition) is 1. The van der Waals surface area contributed by atoms with E-state index in [1.807, 2.05) is 24.3 Å². The Labute approximate surface area is 95.0 Å². The summed E-state index contributed by atoms with van der Waals surface area (Å²) in [5.74, 6) is 0.849. The van der Waals surface area contributed by atoms with Crippen LogP contribution in [0.25, 0.3) is 0 Å². The van der Waals surface area contributed by atoms with Crippen LogP contribution in [0.1, 0.15) is 18.4 Å². The number of nitrogens with two attached hydrogens (primary N) is 1. The lowest BCUT2D eigenvalue weighted by molar-refractivity contribution is 0.0810. The molecular formula is C12H16N2O2. The Balaban J connectivity index is 2.03. The molecule has 0 aliphatic carbocycles. The maximum atomic E-state index is 5.48. The van der Waals surface area contributed by atoms with Crippen LogP contribution in [-0.2, 0) is 4.84 Å². The van der Waals surface area contributed by atoms with Gasteiger partial charge in [0.1, 0.15) is 11.9 Å². The van der Waals surface area contributed by atoms with Gasteiger partial charge in [-0.25, -0.2) is 0 Å². The summed E-state index contributed by atoms with van der Waals surface area (Å²) in [6.45, 7) is 0.635. The van der Waals surface area contributed by atoms with Gasteiger partial charge in [0.05, 0.1) is 12.8 Å². The second kappa shape index (κ2) is 4.99. The van der Waals surface area contributed by atoms with Crippen molar-refractivity contribution < 1.29 is 9.57 Å². The van der Waals surface area contributed by atoms with Crippen molar-refractivity contribution in [2.24, 2.45) is 10.9 Å². The highest BCUT2D eigenvalue weighted by molar-refractivity contribution is 6.01. The lowest BCUT2D eigenvalue weighted by Crippen LogP contribution is -2.14. The first kappa shape index (κ1) is 11.0. The zero-order valence-electron chi connectivity index (χ0n) is 9.35. The predicted molar refractivity (Wildman–Crippen MR) is 62.7 cm³/mol. The molecule has 4 nitrogen and oxygen atoms in total. The first-order valence-corrected chi connectivity index (χ1v) is 5.40. The summed E-state index contributed by atoms with van der Waals surface area (Å²) >= 11 is 0. The Morgan fingerprint density at radius 2 is 2.19 bits per heavy atom. The summed E-state index contributed by atoms with van der Waals surface area (Å²) in [5, 5.41) is 4.08. The second-order valence-electron chi connectivity index (χ2n) is 3.78. The van der Waals surface area contributed by atoms with E-state index in [0.717, 1.165) is 29.9 Å². The molecule has 4 heteroatoms. The Morgan fingerprint density at radius 3 is 2.81 bits per heavy atom.